The number of nitrogens with one attached hydrogen (secondary N) is 1. The topological polar surface area (TPSA) is 92.0 Å². The lowest BCUT2D eigenvalue weighted by atomic mass is 10.1. The lowest BCUT2D eigenvalue weighted by Crippen LogP contribution is -1.96. The van der Waals surface area contributed by atoms with Gasteiger partial charge in [0.15, 0.2) is 17.2 Å². The van der Waals surface area contributed by atoms with Gasteiger partial charge in [0.1, 0.15) is 11.2 Å². The molecule has 2 N–H and O–H groups in total. The van der Waals surface area contributed by atoms with Gasteiger partial charge in [-0.25, -0.2) is 9.78 Å². The Balaban J connectivity index is 2.16. The van der Waals surface area contributed by atoms with E-state index in [-0.39, 0.29) is 5.69 Å². The Hall–Kier alpha value is -2.15. The van der Waals surface area contributed by atoms with E-state index in [0.29, 0.717) is 21.6 Å². The van der Waals surface area contributed by atoms with Crippen molar-refractivity contribution in [1.82, 2.24) is 15.2 Å². The van der Waals surface area contributed by atoms with Gasteiger partial charge in [0, 0.05) is 12.5 Å². The molecule has 2 heterocycles. The van der Waals surface area contributed by atoms with Crippen molar-refractivity contribution in [2.24, 2.45) is 0 Å². The number of hydrogen-bond donors (Lipinski definition) is 2. The lowest BCUT2D eigenvalue weighted by Gasteiger charge is -1.97. The summed E-state index contributed by atoms with van der Waals surface area (Å²) in [5.41, 5.74) is 2.68. The number of hydrogen-bond acceptors (Lipinski definition) is 4. The molecule has 0 atom stereocenters. The second kappa shape index (κ2) is 4.20. The van der Waals surface area contributed by atoms with Gasteiger partial charge in [0.2, 0.25) is 0 Å². The molecule has 6 nitrogen and oxygen atoms in total. The molecule has 3 rings (SSSR count). The van der Waals surface area contributed by atoms with Crippen molar-refractivity contribution in [3.8, 4) is 11.3 Å². The molecule has 0 aliphatic rings. The standard InChI is InChI=1S/C12H8BrN3O3/c1-5-14-7-3-2-6(4-8(7)19-5)10-9(13)11(12(17)18)16-15-10/h2-4H,1H3,(H,15,16)(H,17,18). The molecule has 1 aromatic carbocycles. The Labute approximate surface area is 115 Å². The van der Waals surface area contributed by atoms with Crippen molar-refractivity contribution in [2.75, 3.05) is 0 Å². The number of nitrogens with zero attached hydrogens (tertiary/aromatic N) is 2. The number of H-pyrrole nitrogens is 1. The summed E-state index contributed by atoms with van der Waals surface area (Å²) in [5.74, 6) is -0.485. The van der Waals surface area contributed by atoms with Crippen LogP contribution in [0.1, 0.15) is 16.4 Å². The summed E-state index contributed by atoms with van der Waals surface area (Å²) in [6, 6.07) is 5.40. The number of carboxylic acid groups (broad SMARTS) is 1. The summed E-state index contributed by atoms with van der Waals surface area (Å²) in [7, 11) is 0. The molecule has 0 unspecified atom stereocenters. The molecule has 0 saturated carbocycles. The van der Waals surface area contributed by atoms with Crippen LogP contribution in [0.4, 0.5) is 0 Å². The number of fused-ring (bicyclic) bond motifs is 1. The predicted molar refractivity (Wildman–Crippen MR) is 71.0 cm³/mol. The number of carbonyl (C=O) groups is 1. The average molecular weight is 322 g/mol. The molecule has 7 heteroatoms. The van der Waals surface area contributed by atoms with Crippen LogP contribution < -0.4 is 0 Å². The van der Waals surface area contributed by atoms with Gasteiger partial charge >= 0.3 is 5.97 Å². The Bertz CT molecular complexity index is 791. The second-order valence-electron chi connectivity index (χ2n) is 3.98. The van der Waals surface area contributed by atoms with Gasteiger partial charge in [-0.2, -0.15) is 5.10 Å². The van der Waals surface area contributed by atoms with E-state index in [1.54, 1.807) is 13.0 Å². The van der Waals surface area contributed by atoms with Crippen LogP contribution in [-0.2, 0) is 0 Å². The molecule has 2 aromatic heterocycles. The number of aromatic carboxylic acids is 1. The summed E-state index contributed by atoms with van der Waals surface area (Å²) in [4.78, 5) is 15.2. The molecule has 96 valence electrons. The summed E-state index contributed by atoms with van der Waals surface area (Å²) < 4.78 is 5.86. The lowest BCUT2D eigenvalue weighted by molar-refractivity contribution is 0.0689. The highest BCUT2D eigenvalue weighted by Gasteiger charge is 2.18. The zero-order valence-corrected chi connectivity index (χ0v) is 11.4. The van der Waals surface area contributed by atoms with E-state index in [2.05, 4.69) is 31.1 Å². The third-order valence-electron chi connectivity index (χ3n) is 2.69. The fraction of sp³-hybridized carbons (Fsp3) is 0.0833. The average Bonchev–Trinajstić information content (AvgIpc) is 2.89. The van der Waals surface area contributed by atoms with E-state index in [9.17, 15) is 4.79 Å². The zero-order chi connectivity index (χ0) is 13.6. The molecule has 19 heavy (non-hydrogen) atoms. The molecule has 0 radical (unpaired) electrons. The van der Waals surface area contributed by atoms with Gasteiger partial charge in [-0.3, -0.25) is 5.10 Å². The number of aromatic nitrogens is 3. The van der Waals surface area contributed by atoms with Crippen LogP contribution in [0.5, 0.6) is 0 Å². The normalized spacial score (nSPS) is 11.1. The highest BCUT2D eigenvalue weighted by Crippen LogP contribution is 2.31. The molecule has 0 aliphatic carbocycles. The van der Waals surface area contributed by atoms with Crippen LogP contribution in [0.2, 0.25) is 0 Å². The summed E-state index contributed by atoms with van der Waals surface area (Å²) in [5, 5.41) is 15.5. The number of oxazole rings is 1. The van der Waals surface area contributed by atoms with Crippen molar-refractivity contribution < 1.29 is 14.3 Å². The highest BCUT2D eigenvalue weighted by atomic mass is 79.9. The van der Waals surface area contributed by atoms with Crippen molar-refractivity contribution in [3.05, 3.63) is 34.3 Å². The second-order valence-corrected chi connectivity index (χ2v) is 4.77. The maximum atomic E-state index is 11.0. The first-order valence-electron chi connectivity index (χ1n) is 5.41. The Kier molecular flexibility index (Phi) is 2.63. The molecular formula is C12H8BrN3O3. The van der Waals surface area contributed by atoms with Gasteiger partial charge in [0.25, 0.3) is 0 Å². The largest absolute Gasteiger partial charge is 0.476 e. The number of aryl methyl sites for hydroxylation is 1. The number of benzene rings is 1. The van der Waals surface area contributed by atoms with Gasteiger partial charge in [-0.05, 0) is 28.1 Å². The molecule has 0 spiro atoms. The van der Waals surface area contributed by atoms with Gasteiger partial charge in [-0.1, -0.05) is 6.07 Å². The minimum atomic E-state index is -1.07. The van der Waals surface area contributed by atoms with E-state index >= 15 is 0 Å². The monoisotopic (exact) mass is 321 g/mol. The van der Waals surface area contributed by atoms with Gasteiger partial charge in [0.05, 0.1) is 4.47 Å². The molecular weight excluding hydrogens is 314 g/mol. The van der Waals surface area contributed by atoms with Crippen LogP contribution in [0.3, 0.4) is 0 Å². The van der Waals surface area contributed by atoms with Gasteiger partial charge in [-0.15, -0.1) is 0 Å². The van der Waals surface area contributed by atoms with E-state index < -0.39 is 5.97 Å². The summed E-state index contributed by atoms with van der Waals surface area (Å²) >= 11 is 3.24. The molecule has 0 saturated heterocycles. The highest BCUT2D eigenvalue weighted by molar-refractivity contribution is 9.10. The van der Waals surface area contributed by atoms with Crippen molar-refractivity contribution in [1.29, 1.82) is 0 Å². The number of aromatic amines is 1. The van der Waals surface area contributed by atoms with Crippen LogP contribution in [0.25, 0.3) is 22.4 Å². The van der Waals surface area contributed by atoms with Crippen molar-refractivity contribution in [3.63, 3.8) is 0 Å². The molecule has 0 fully saturated rings. The van der Waals surface area contributed by atoms with E-state index in [4.69, 9.17) is 9.52 Å². The van der Waals surface area contributed by atoms with Crippen LogP contribution in [0, 0.1) is 6.92 Å². The first-order chi connectivity index (χ1) is 9.06. The van der Waals surface area contributed by atoms with E-state index in [1.807, 2.05) is 12.1 Å². The zero-order valence-electron chi connectivity index (χ0n) is 9.77. The number of halogens is 1. The van der Waals surface area contributed by atoms with Crippen LogP contribution in [-0.4, -0.2) is 26.3 Å². The third-order valence-corrected chi connectivity index (χ3v) is 3.46. The van der Waals surface area contributed by atoms with E-state index in [1.165, 1.54) is 0 Å². The SMILES string of the molecule is Cc1nc2ccc(-c3n[nH]c(C(=O)O)c3Br)cc2o1. The first kappa shape index (κ1) is 11.9. The summed E-state index contributed by atoms with van der Waals surface area (Å²) in [6.07, 6.45) is 0. The maximum Gasteiger partial charge on any atom is 0.355 e. The number of rotatable bonds is 2. The molecule has 3 aromatic rings. The number of carboxylic acids is 1. The fourth-order valence-corrected chi connectivity index (χ4v) is 2.42. The summed E-state index contributed by atoms with van der Waals surface area (Å²) in [6.45, 7) is 1.77. The maximum absolute atomic E-state index is 11.0. The molecule has 0 amide bonds. The minimum absolute atomic E-state index is 0.0175. The molecule has 0 aliphatic heterocycles. The van der Waals surface area contributed by atoms with Crippen molar-refractivity contribution >= 4 is 33.0 Å². The first-order valence-corrected chi connectivity index (χ1v) is 6.20. The smallest absolute Gasteiger partial charge is 0.355 e. The quantitative estimate of drug-likeness (QED) is 0.757. The van der Waals surface area contributed by atoms with Gasteiger partial charge < -0.3 is 9.52 Å². The van der Waals surface area contributed by atoms with Crippen molar-refractivity contribution in [2.45, 2.75) is 6.92 Å². The van der Waals surface area contributed by atoms with Crippen LogP contribution >= 0.6 is 15.9 Å². The Morgan fingerprint density at radius 1 is 1.47 bits per heavy atom. The Morgan fingerprint density at radius 3 is 2.95 bits per heavy atom. The fourth-order valence-electron chi connectivity index (χ4n) is 1.85. The Morgan fingerprint density at radius 2 is 2.26 bits per heavy atom. The molecule has 0 bridgehead atoms. The third kappa shape index (κ3) is 1.91. The van der Waals surface area contributed by atoms with E-state index in [0.717, 1.165) is 11.1 Å². The minimum Gasteiger partial charge on any atom is -0.476 e. The van der Waals surface area contributed by atoms with Crippen LogP contribution in [0.15, 0.2) is 27.1 Å². The predicted octanol–water partition coefficient (Wildman–Crippen LogP) is 2.99.